The molecule has 22 heavy (non-hydrogen) atoms. The molecule has 0 aliphatic heterocycles. The van der Waals surface area contributed by atoms with Crippen LogP contribution in [0.2, 0.25) is 5.02 Å². The van der Waals surface area contributed by atoms with Gasteiger partial charge < -0.3 is 5.32 Å². The Kier molecular flexibility index (Phi) is 4.21. The van der Waals surface area contributed by atoms with Gasteiger partial charge in [-0.2, -0.15) is 5.10 Å². The Bertz CT molecular complexity index is 783. The Labute approximate surface area is 133 Å². The van der Waals surface area contributed by atoms with Gasteiger partial charge in [-0.3, -0.25) is 4.79 Å². The van der Waals surface area contributed by atoms with Gasteiger partial charge in [-0.25, -0.2) is 4.68 Å². The van der Waals surface area contributed by atoms with Crippen molar-refractivity contribution in [3.63, 3.8) is 0 Å². The van der Waals surface area contributed by atoms with Crippen LogP contribution in [0.25, 0.3) is 5.69 Å². The third-order valence-corrected chi connectivity index (χ3v) is 3.37. The number of hydrogen-bond acceptors (Lipinski definition) is 2. The van der Waals surface area contributed by atoms with Gasteiger partial charge in [0.25, 0.3) is 0 Å². The van der Waals surface area contributed by atoms with Crippen LogP contribution in [0.1, 0.15) is 5.56 Å². The summed E-state index contributed by atoms with van der Waals surface area (Å²) in [6.45, 7) is 0. The number of carbonyl (C=O) groups excluding carboxylic acids is 1. The SMILES string of the molecule is O=C(Cc1ccccc1)Nc1ccn(-c2cccc(Cl)c2)n1. The van der Waals surface area contributed by atoms with E-state index in [0.717, 1.165) is 11.3 Å². The number of nitrogens with one attached hydrogen (secondary N) is 1. The van der Waals surface area contributed by atoms with Crippen molar-refractivity contribution in [2.24, 2.45) is 0 Å². The quantitative estimate of drug-likeness (QED) is 0.798. The molecule has 0 atom stereocenters. The maximum atomic E-state index is 12.0. The van der Waals surface area contributed by atoms with E-state index in [0.29, 0.717) is 17.3 Å². The summed E-state index contributed by atoms with van der Waals surface area (Å²) in [6, 6.07) is 18.7. The van der Waals surface area contributed by atoms with Crippen LogP contribution in [0.15, 0.2) is 66.9 Å². The third kappa shape index (κ3) is 3.54. The summed E-state index contributed by atoms with van der Waals surface area (Å²) in [4.78, 5) is 12.0. The molecule has 1 amide bonds. The molecule has 4 nitrogen and oxygen atoms in total. The third-order valence-electron chi connectivity index (χ3n) is 3.14. The monoisotopic (exact) mass is 311 g/mol. The van der Waals surface area contributed by atoms with E-state index in [2.05, 4.69) is 10.4 Å². The summed E-state index contributed by atoms with van der Waals surface area (Å²) in [6.07, 6.45) is 2.11. The molecular weight excluding hydrogens is 298 g/mol. The molecule has 0 spiro atoms. The second-order valence-corrected chi connectivity index (χ2v) is 5.27. The van der Waals surface area contributed by atoms with Crippen LogP contribution >= 0.6 is 11.6 Å². The highest BCUT2D eigenvalue weighted by molar-refractivity contribution is 6.30. The largest absolute Gasteiger partial charge is 0.309 e. The molecule has 110 valence electrons. The second kappa shape index (κ2) is 6.45. The van der Waals surface area contributed by atoms with Gasteiger partial charge in [0.05, 0.1) is 12.1 Å². The number of aromatic nitrogens is 2. The van der Waals surface area contributed by atoms with Crippen LogP contribution in [-0.2, 0) is 11.2 Å². The van der Waals surface area contributed by atoms with E-state index in [1.54, 1.807) is 23.0 Å². The number of hydrogen-bond donors (Lipinski definition) is 1. The van der Waals surface area contributed by atoms with E-state index in [1.165, 1.54) is 0 Å². The van der Waals surface area contributed by atoms with E-state index in [4.69, 9.17) is 11.6 Å². The molecule has 3 rings (SSSR count). The van der Waals surface area contributed by atoms with Gasteiger partial charge in [0.1, 0.15) is 0 Å². The van der Waals surface area contributed by atoms with E-state index >= 15 is 0 Å². The Balaban J connectivity index is 1.68. The lowest BCUT2D eigenvalue weighted by Gasteiger charge is -2.03. The summed E-state index contributed by atoms with van der Waals surface area (Å²) < 4.78 is 1.67. The fraction of sp³-hybridized carbons (Fsp3) is 0.0588. The van der Waals surface area contributed by atoms with Gasteiger partial charge >= 0.3 is 0 Å². The predicted molar refractivity (Wildman–Crippen MR) is 87.3 cm³/mol. The summed E-state index contributed by atoms with van der Waals surface area (Å²) in [5.74, 6) is 0.420. The maximum Gasteiger partial charge on any atom is 0.229 e. The van der Waals surface area contributed by atoms with Crippen LogP contribution < -0.4 is 5.32 Å². The van der Waals surface area contributed by atoms with Crippen LogP contribution in [0.3, 0.4) is 0 Å². The fourth-order valence-electron chi connectivity index (χ4n) is 2.12. The molecule has 1 aromatic heterocycles. The molecule has 2 aromatic carbocycles. The molecule has 0 saturated carbocycles. The predicted octanol–water partition coefficient (Wildman–Crippen LogP) is 3.71. The van der Waals surface area contributed by atoms with Gasteiger partial charge in [0.2, 0.25) is 5.91 Å². The molecule has 0 radical (unpaired) electrons. The average molecular weight is 312 g/mol. The van der Waals surface area contributed by atoms with Crippen LogP contribution in [-0.4, -0.2) is 15.7 Å². The zero-order chi connectivity index (χ0) is 15.4. The van der Waals surface area contributed by atoms with E-state index in [1.807, 2.05) is 48.5 Å². The minimum Gasteiger partial charge on any atom is -0.309 e. The van der Waals surface area contributed by atoms with Crippen molar-refractivity contribution >= 4 is 23.3 Å². The first-order valence-corrected chi connectivity index (χ1v) is 7.24. The number of nitrogens with zero attached hydrogens (tertiary/aromatic N) is 2. The van der Waals surface area contributed by atoms with Crippen LogP contribution in [0, 0.1) is 0 Å². The van der Waals surface area contributed by atoms with Crippen molar-refractivity contribution in [3.05, 3.63) is 77.4 Å². The van der Waals surface area contributed by atoms with Crippen molar-refractivity contribution in [3.8, 4) is 5.69 Å². The highest BCUT2D eigenvalue weighted by atomic mass is 35.5. The molecule has 5 heteroatoms. The Morgan fingerprint density at radius 3 is 2.68 bits per heavy atom. The lowest BCUT2D eigenvalue weighted by Crippen LogP contribution is -2.14. The first kappa shape index (κ1) is 14.4. The van der Waals surface area contributed by atoms with Gasteiger partial charge in [0, 0.05) is 17.3 Å². The lowest BCUT2D eigenvalue weighted by molar-refractivity contribution is -0.115. The normalized spacial score (nSPS) is 10.4. The minimum absolute atomic E-state index is 0.0949. The van der Waals surface area contributed by atoms with Crippen LogP contribution in [0.4, 0.5) is 5.82 Å². The first-order chi connectivity index (χ1) is 10.7. The highest BCUT2D eigenvalue weighted by Gasteiger charge is 2.07. The van der Waals surface area contributed by atoms with Crippen molar-refractivity contribution in [2.75, 3.05) is 5.32 Å². The van der Waals surface area contributed by atoms with Gasteiger partial charge in [-0.1, -0.05) is 48.0 Å². The molecule has 1 heterocycles. The molecule has 1 N–H and O–H groups in total. The fourth-order valence-corrected chi connectivity index (χ4v) is 2.31. The zero-order valence-electron chi connectivity index (χ0n) is 11.7. The number of anilines is 1. The molecule has 0 bridgehead atoms. The molecule has 0 saturated heterocycles. The topological polar surface area (TPSA) is 46.9 Å². The van der Waals surface area contributed by atoms with Crippen molar-refractivity contribution < 1.29 is 4.79 Å². The number of amides is 1. The van der Waals surface area contributed by atoms with E-state index < -0.39 is 0 Å². The lowest BCUT2D eigenvalue weighted by atomic mass is 10.1. The molecule has 3 aromatic rings. The number of rotatable bonds is 4. The van der Waals surface area contributed by atoms with Crippen molar-refractivity contribution in [1.82, 2.24) is 9.78 Å². The van der Waals surface area contributed by atoms with Gasteiger partial charge in [-0.15, -0.1) is 0 Å². The minimum atomic E-state index is -0.0949. The average Bonchev–Trinajstić information content (AvgIpc) is 2.96. The second-order valence-electron chi connectivity index (χ2n) is 4.84. The summed E-state index contributed by atoms with van der Waals surface area (Å²) in [5, 5.41) is 7.76. The Morgan fingerprint density at radius 2 is 1.91 bits per heavy atom. The summed E-state index contributed by atoms with van der Waals surface area (Å²) in [5.41, 5.74) is 1.81. The molecular formula is C17H14ClN3O. The Hall–Kier alpha value is -2.59. The summed E-state index contributed by atoms with van der Waals surface area (Å²) >= 11 is 5.97. The number of carbonyl (C=O) groups is 1. The maximum absolute atomic E-state index is 12.0. The molecule has 0 unspecified atom stereocenters. The van der Waals surface area contributed by atoms with Gasteiger partial charge in [-0.05, 0) is 23.8 Å². The smallest absolute Gasteiger partial charge is 0.229 e. The summed E-state index contributed by atoms with van der Waals surface area (Å²) in [7, 11) is 0. The first-order valence-electron chi connectivity index (χ1n) is 6.86. The molecule has 0 aliphatic carbocycles. The standard InChI is InChI=1S/C17H14ClN3O/c18-14-7-4-8-15(12-14)21-10-9-16(20-21)19-17(22)11-13-5-2-1-3-6-13/h1-10,12H,11H2,(H,19,20,22). The Morgan fingerprint density at radius 1 is 1.09 bits per heavy atom. The number of halogens is 1. The van der Waals surface area contributed by atoms with Gasteiger partial charge in [0.15, 0.2) is 5.82 Å². The number of benzene rings is 2. The van der Waals surface area contributed by atoms with Crippen molar-refractivity contribution in [2.45, 2.75) is 6.42 Å². The molecule has 0 fully saturated rings. The van der Waals surface area contributed by atoms with Crippen molar-refractivity contribution in [1.29, 1.82) is 0 Å². The molecule has 0 aliphatic rings. The van der Waals surface area contributed by atoms with E-state index in [9.17, 15) is 4.79 Å². The van der Waals surface area contributed by atoms with Crippen LogP contribution in [0.5, 0.6) is 0 Å². The van der Waals surface area contributed by atoms with E-state index in [-0.39, 0.29) is 5.91 Å². The zero-order valence-corrected chi connectivity index (χ0v) is 12.5. The highest BCUT2D eigenvalue weighted by Crippen LogP contribution is 2.15.